The van der Waals surface area contributed by atoms with E-state index in [0.29, 0.717) is 31.5 Å². The van der Waals surface area contributed by atoms with Gasteiger partial charge in [0.2, 0.25) is 5.12 Å². The van der Waals surface area contributed by atoms with Crippen molar-refractivity contribution in [1.29, 1.82) is 0 Å². The van der Waals surface area contributed by atoms with Crippen molar-refractivity contribution < 1.29 is 19.2 Å². The maximum Gasteiger partial charge on any atom is 0.309 e. The summed E-state index contributed by atoms with van der Waals surface area (Å²) in [7, 11) is 0. The summed E-state index contributed by atoms with van der Waals surface area (Å²) in [6.45, 7) is 3.00. The van der Waals surface area contributed by atoms with Crippen LogP contribution in [0.3, 0.4) is 0 Å². The number of carbonyl (C=O) groups excluding carboxylic acids is 2. The number of nitro benzene ring substituents is 1. The molecule has 1 aliphatic rings. The molecule has 0 spiro atoms. The van der Waals surface area contributed by atoms with Gasteiger partial charge in [0.25, 0.3) is 5.69 Å². The van der Waals surface area contributed by atoms with Crippen LogP contribution in [0.15, 0.2) is 24.3 Å². The van der Waals surface area contributed by atoms with Crippen molar-refractivity contribution in [2.75, 3.05) is 13.1 Å². The Kier molecular flexibility index (Phi) is 6.12. The number of esters is 1. The molecule has 1 heterocycles. The molecule has 2 rings (SSSR count). The first-order chi connectivity index (χ1) is 11.0. The van der Waals surface area contributed by atoms with Gasteiger partial charge in [-0.3, -0.25) is 19.7 Å². The second kappa shape index (κ2) is 8.07. The van der Waals surface area contributed by atoms with E-state index in [1.165, 1.54) is 31.0 Å². The smallest absolute Gasteiger partial charge is 0.309 e. The van der Waals surface area contributed by atoms with Crippen LogP contribution in [0.5, 0.6) is 0 Å². The van der Waals surface area contributed by atoms with Gasteiger partial charge in [-0.1, -0.05) is 0 Å². The minimum absolute atomic E-state index is 0.00965. The van der Waals surface area contributed by atoms with Crippen LogP contribution in [0.2, 0.25) is 0 Å². The minimum atomic E-state index is -0.470. The molecule has 8 heteroatoms. The number of piperidine rings is 1. The summed E-state index contributed by atoms with van der Waals surface area (Å²) in [6.07, 6.45) is 1.33. The summed E-state index contributed by atoms with van der Waals surface area (Å²) >= 11 is 1.19. The molecule has 0 unspecified atom stereocenters. The van der Waals surface area contributed by atoms with E-state index in [4.69, 9.17) is 4.74 Å². The Morgan fingerprint density at radius 1 is 1.30 bits per heavy atom. The van der Waals surface area contributed by atoms with E-state index < -0.39 is 4.92 Å². The summed E-state index contributed by atoms with van der Waals surface area (Å²) in [6, 6.07) is 5.94. The van der Waals surface area contributed by atoms with Crippen molar-refractivity contribution in [2.24, 2.45) is 5.92 Å². The van der Waals surface area contributed by atoms with E-state index in [0.717, 1.165) is 0 Å². The van der Waals surface area contributed by atoms with Gasteiger partial charge in [-0.2, -0.15) is 0 Å². The highest BCUT2D eigenvalue weighted by Crippen LogP contribution is 2.24. The average molecular weight is 338 g/mol. The molecule has 1 aromatic rings. The van der Waals surface area contributed by atoms with Gasteiger partial charge >= 0.3 is 5.97 Å². The van der Waals surface area contributed by atoms with Crippen LogP contribution in [0.4, 0.5) is 5.69 Å². The van der Waals surface area contributed by atoms with Crippen molar-refractivity contribution in [3.63, 3.8) is 0 Å². The summed E-state index contributed by atoms with van der Waals surface area (Å²) < 4.78 is 7.24. The van der Waals surface area contributed by atoms with Gasteiger partial charge in [0, 0.05) is 32.1 Å². The molecule has 7 nitrogen and oxygen atoms in total. The van der Waals surface area contributed by atoms with E-state index in [9.17, 15) is 19.7 Å². The quantitative estimate of drug-likeness (QED) is 0.353. The molecule has 0 aliphatic carbocycles. The average Bonchev–Trinajstić information content (AvgIpc) is 2.53. The predicted octanol–water partition coefficient (Wildman–Crippen LogP) is 2.54. The fourth-order valence-corrected chi connectivity index (χ4v) is 3.11. The summed E-state index contributed by atoms with van der Waals surface area (Å²) in [4.78, 5) is 33.2. The molecule has 1 aromatic carbocycles. The molecular formula is C15H18N2O5S. The van der Waals surface area contributed by atoms with Crippen molar-refractivity contribution in [1.82, 2.24) is 4.31 Å². The second-order valence-corrected chi connectivity index (χ2v) is 6.59. The van der Waals surface area contributed by atoms with Crippen LogP contribution in [0, 0.1) is 16.0 Å². The van der Waals surface area contributed by atoms with Gasteiger partial charge in [0.05, 0.1) is 10.8 Å². The third-order valence-electron chi connectivity index (χ3n) is 3.57. The van der Waals surface area contributed by atoms with Crippen LogP contribution in [-0.4, -0.2) is 33.4 Å². The van der Waals surface area contributed by atoms with Crippen molar-refractivity contribution in [3.8, 4) is 0 Å². The normalized spacial score (nSPS) is 16.0. The molecule has 0 radical (unpaired) electrons. The molecule has 0 amide bonds. The lowest BCUT2D eigenvalue weighted by molar-refractivity contribution is -0.384. The molecule has 0 bridgehead atoms. The van der Waals surface area contributed by atoms with Gasteiger partial charge in [0.15, 0.2) is 0 Å². The minimum Gasteiger partial charge on any atom is -0.461 e. The molecule has 0 saturated carbocycles. The molecule has 1 saturated heterocycles. The molecule has 0 atom stereocenters. The number of non-ortho nitro benzene ring substituents is 1. The molecule has 0 aromatic heterocycles. The van der Waals surface area contributed by atoms with Crippen LogP contribution in [0.25, 0.3) is 0 Å². The Morgan fingerprint density at radius 3 is 2.43 bits per heavy atom. The number of hydrogen-bond acceptors (Lipinski definition) is 7. The van der Waals surface area contributed by atoms with Gasteiger partial charge in [-0.05, 0) is 42.5 Å². The first kappa shape index (κ1) is 17.4. The molecule has 124 valence electrons. The first-order valence-corrected chi connectivity index (χ1v) is 8.06. The molecule has 1 fully saturated rings. The third-order valence-corrected chi connectivity index (χ3v) is 4.45. The van der Waals surface area contributed by atoms with Crippen LogP contribution in [-0.2, 0) is 20.9 Å². The number of hydrogen-bond donors (Lipinski definition) is 0. The lowest BCUT2D eigenvalue weighted by atomic mass is 9.98. The van der Waals surface area contributed by atoms with Crippen LogP contribution < -0.4 is 0 Å². The SMILES string of the molecule is CC(=O)SN1CCC(C(=O)OCc2ccc([N+](=O)[O-])cc2)CC1. The Bertz CT molecular complexity index is 582. The lowest BCUT2D eigenvalue weighted by Gasteiger charge is -2.28. The Labute approximate surface area is 138 Å². The van der Waals surface area contributed by atoms with E-state index >= 15 is 0 Å². The molecule has 23 heavy (non-hydrogen) atoms. The maximum absolute atomic E-state index is 12.1. The van der Waals surface area contributed by atoms with Crippen molar-refractivity contribution in [3.05, 3.63) is 39.9 Å². The van der Waals surface area contributed by atoms with Crippen LogP contribution >= 0.6 is 11.9 Å². The number of nitrogens with zero attached hydrogens (tertiary/aromatic N) is 2. The zero-order chi connectivity index (χ0) is 16.8. The molecular weight excluding hydrogens is 320 g/mol. The van der Waals surface area contributed by atoms with Gasteiger partial charge < -0.3 is 4.74 Å². The van der Waals surface area contributed by atoms with Crippen molar-refractivity contribution in [2.45, 2.75) is 26.4 Å². The highest BCUT2D eigenvalue weighted by atomic mass is 32.2. The lowest BCUT2D eigenvalue weighted by Crippen LogP contribution is -2.33. The molecule has 0 N–H and O–H groups in total. The summed E-state index contributed by atoms with van der Waals surface area (Å²) in [5, 5.41) is 10.6. The summed E-state index contributed by atoms with van der Waals surface area (Å²) in [5.74, 6) is -0.410. The van der Waals surface area contributed by atoms with E-state index in [-0.39, 0.29) is 29.3 Å². The fraction of sp³-hybridized carbons (Fsp3) is 0.467. The number of nitro groups is 1. The van der Waals surface area contributed by atoms with Crippen molar-refractivity contribution >= 4 is 28.7 Å². The zero-order valence-corrected chi connectivity index (χ0v) is 13.6. The van der Waals surface area contributed by atoms with E-state index in [1.54, 1.807) is 12.1 Å². The number of benzene rings is 1. The Morgan fingerprint density at radius 2 is 1.91 bits per heavy atom. The Balaban J connectivity index is 1.77. The van der Waals surface area contributed by atoms with Gasteiger partial charge in [0.1, 0.15) is 6.61 Å². The maximum atomic E-state index is 12.1. The highest BCUT2D eigenvalue weighted by molar-refractivity contribution is 8.11. The highest BCUT2D eigenvalue weighted by Gasteiger charge is 2.27. The zero-order valence-electron chi connectivity index (χ0n) is 12.8. The largest absolute Gasteiger partial charge is 0.461 e. The summed E-state index contributed by atoms with van der Waals surface area (Å²) in [5.41, 5.74) is 0.726. The van der Waals surface area contributed by atoms with E-state index in [1.807, 2.05) is 4.31 Å². The van der Waals surface area contributed by atoms with Crippen LogP contribution in [0.1, 0.15) is 25.3 Å². The Hall–Kier alpha value is -1.93. The second-order valence-electron chi connectivity index (χ2n) is 5.32. The fourth-order valence-electron chi connectivity index (χ4n) is 2.35. The molecule has 1 aliphatic heterocycles. The van der Waals surface area contributed by atoms with Gasteiger partial charge in [-0.15, -0.1) is 0 Å². The van der Waals surface area contributed by atoms with E-state index in [2.05, 4.69) is 0 Å². The van der Waals surface area contributed by atoms with Gasteiger partial charge in [-0.25, -0.2) is 4.31 Å². The topological polar surface area (TPSA) is 89.8 Å². The number of rotatable bonds is 5. The number of carbonyl (C=O) groups is 2. The standard InChI is InChI=1S/C15H18N2O5S/c1-11(18)23-16-8-6-13(7-9-16)15(19)22-10-12-2-4-14(5-3-12)17(20)21/h2-5,13H,6-10H2,1H3. The third kappa shape index (κ3) is 5.33. The number of ether oxygens (including phenoxy) is 1. The monoisotopic (exact) mass is 338 g/mol. The predicted molar refractivity (Wildman–Crippen MR) is 85.5 cm³/mol. The first-order valence-electron chi connectivity index (χ1n) is 7.29.